The van der Waals surface area contributed by atoms with Crippen LogP contribution < -0.4 is 16.4 Å². The summed E-state index contributed by atoms with van der Waals surface area (Å²) in [5.41, 5.74) is 4.40. The molecule has 0 aromatic rings. The van der Waals surface area contributed by atoms with Crippen molar-refractivity contribution in [2.75, 3.05) is 13.1 Å². The van der Waals surface area contributed by atoms with Gasteiger partial charge in [-0.1, -0.05) is 6.42 Å². The lowest BCUT2D eigenvalue weighted by molar-refractivity contribution is -0.122. The van der Waals surface area contributed by atoms with E-state index in [4.69, 9.17) is 10.5 Å². The third kappa shape index (κ3) is 7.32. The quantitative estimate of drug-likeness (QED) is 0.711. The molecule has 0 spiro atoms. The number of nitrogens with two attached hydrogens (primary N) is 1. The highest BCUT2D eigenvalue weighted by Crippen LogP contribution is 2.20. The zero-order valence-corrected chi connectivity index (χ0v) is 14.3. The zero-order valence-electron chi connectivity index (χ0n) is 14.3. The van der Waals surface area contributed by atoms with Crippen molar-refractivity contribution < 1.29 is 19.1 Å². The highest BCUT2D eigenvalue weighted by Gasteiger charge is 2.30. The SMILES string of the molecule is CC(NC(=O)OC(C)(C)C)C1CCCCN1CC(=O)NC(N)=O. The average molecular weight is 328 g/mol. The number of piperidine rings is 1. The van der Waals surface area contributed by atoms with Gasteiger partial charge in [0.15, 0.2) is 0 Å². The zero-order chi connectivity index (χ0) is 17.6. The summed E-state index contributed by atoms with van der Waals surface area (Å²) in [6.07, 6.45) is 2.39. The average Bonchev–Trinajstić information content (AvgIpc) is 2.35. The summed E-state index contributed by atoms with van der Waals surface area (Å²) in [4.78, 5) is 36.3. The van der Waals surface area contributed by atoms with Crippen LogP contribution >= 0.6 is 0 Å². The van der Waals surface area contributed by atoms with Crippen LogP contribution in [-0.4, -0.2) is 53.7 Å². The molecule has 1 aliphatic rings. The number of urea groups is 1. The van der Waals surface area contributed by atoms with Crippen LogP contribution in [0.4, 0.5) is 9.59 Å². The van der Waals surface area contributed by atoms with E-state index in [2.05, 4.69) is 10.6 Å². The molecule has 8 nitrogen and oxygen atoms in total. The van der Waals surface area contributed by atoms with Gasteiger partial charge in [-0.2, -0.15) is 0 Å². The molecule has 1 aliphatic heterocycles. The molecule has 0 radical (unpaired) electrons. The molecule has 8 heteroatoms. The third-order valence-electron chi connectivity index (χ3n) is 3.60. The Bertz CT molecular complexity index is 447. The first kappa shape index (κ1) is 19.2. The smallest absolute Gasteiger partial charge is 0.407 e. The van der Waals surface area contributed by atoms with Crippen molar-refractivity contribution in [1.82, 2.24) is 15.5 Å². The number of primary amides is 1. The van der Waals surface area contributed by atoms with E-state index < -0.39 is 23.6 Å². The van der Waals surface area contributed by atoms with Crippen molar-refractivity contribution in [1.29, 1.82) is 0 Å². The lowest BCUT2D eigenvalue weighted by atomic mass is 9.96. The standard InChI is InChI=1S/C15H28N4O4/c1-10(17-14(22)23-15(2,3)4)11-7-5-6-8-19(11)9-12(20)18-13(16)21/h10-11H,5-9H2,1-4H3,(H,17,22)(H3,16,18,20,21). The maximum Gasteiger partial charge on any atom is 0.407 e. The second-order valence-electron chi connectivity index (χ2n) is 6.88. The fourth-order valence-electron chi connectivity index (χ4n) is 2.73. The molecule has 23 heavy (non-hydrogen) atoms. The van der Waals surface area contributed by atoms with Gasteiger partial charge in [0.1, 0.15) is 5.60 Å². The molecule has 0 aromatic heterocycles. The van der Waals surface area contributed by atoms with Crippen LogP contribution in [0.5, 0.6) is 0 Å². The first-order valence-electron chi connectivity index (χ1n) is 7.91. The molecule has 1 fully saturated rings. The number of alkyl carbamates (subject to hydrolysis) is 1. The molecular formula is C15H28N4O4. The summed E-state index contributed by atoms with van der Waals surface area (Å²) in [6, 6.07) is -1.02. The number of likely N-dealkylation sites (tertiary alicyclic amines) is 1. The molecule has 0 aromatic carbocycles. The van der Waals surface area contributed by atoms with Gasteiger partial charge in [-0.05, 0) is 47.1 Å². The molecule has 4 N–H and O–H groups in total. The van der Waals surface area contributed by atoms with Gasteiger partial charge in [0, 0.05) is 12.1 Å². The number of imide groups is 1. The highest BCUT2D eigenvalue weighted by molar-refractivity contribution is 5.94. The van der Waals surface area contributed by atoms with Crippen LogP contribution in [0.3, 0.4) is 0 Å². The Morgan fingerprint density at radius 3 is 2.52 bits per heavy atom. The number of amides is 4. The number of ether oxygens (including phenoxy) is 1. The molecule has 0 bridgehead atoms. The van der Waals surface area contributed by atoms with Crippen LogP contribution in [0.15, 0.2) is 0 Å². The lowest BCUT2D eigenvalue weighted by Gasteiger charge is -2.39. The molecule has 0 aliphatic carbocycles. The summed E-state index contributed by atoms with van der Waals surface area (Å²) in [6.45, 7) is 8.11. The topological polar surface area (TPSA) is 114 Å². The van der Waals surface area contributed by atoms with Gasteiger partial charge >= 0.3 is 12.1 Å². The summed E-state index contributed by atoms with van der Waals surface area (Å²) < 4.78 is 5.26. The fraction of sp³-hybridized carbons (Fsp3) is 0.800. The number of nitrogens with one attached hydrogen (secondary N) is 2. The summed E-state index contributed by atoms with van der Waals surface area (Å²) in [5, 5.41) is 4.89. The molecule has 1 saturated heterocycles. The summed E-state index contributed by atoms with van der Waals surface area (Å²) >= 11 is 0. The van der Waals surface area contributed by atoms with Crippen molar-refractivity contribution in [2.24, 2.45) is 5.73 Å². The Morgan fingerprint density at radius 1 is 1.30 bits per heavy atom. The molecule has 1 rings (SSSR count). The minimum absolute atomic E-state index is 0.00916. The van der Waals surface area contributed by atoms with Gasteiger partial charge < -0.3 is 15.8 Å². The van der Waals surface area contributed by atoms with Gasteiger partial charge in [0.2, 0.25) is 5.91 Å². The van der Waals surface area contributed by atoms with Crippen LogP contribution in [-0.2, 0) is 9.53 Å². The second kappa shape index (κ2) is 8.14. The Balaban J connectivity index is 2.60. The minimum atomic E-state index is -0.858. The second-order valence-corrected chi connectivity index (χ2v) is 6.88. The number of rotatable bonds is 4. The molecule has 2 atom stereocenters. The number of nitrogens with zero attached hydrogens (tertiary/aromatic N) is 1. The number of carbonyl (C=O) groups is 3. The van der Waals surface area contributed by atoms with Gasteiger partial charge in [0.25, 0.3) is 0 Å². The van der Waals surface area contributed by atoms with E-state index in [1.54, 1.807) is 20.8 Å². The monoisotopic (exact) mass is 328 g/mol. The minimum Gasteiger partial charge on any atom is -0.444 e. The normalized spacial score (nSPS) is 20.4. The van der Waals surface area contributed by atoms with Gasteiger partial charge in [0.05, 0.1) is 6.54 Å². The van der Waals surface area contributed by atoms with E-state index in [-0.39, 0.29) is 18.6 Å². The Hall–Kier alpha value is -1.83. The predicted octanol–water partition coefficient (Wildman–Crippen LogP) is 0.949. The van der Waals surface area contributed by atoms with Crippen molar-refractivity contribution in [3.05, 3.63) is 0 Å². The van der Waals surface area contributed by atoms with E-state index in [9.17, 15) is 14.4 Å². The molecular weight excluding hydrogens is 300 g/mol. The first-order chi connectivity index (χ1) is 10.6. The summed E-state index contributed by atoms with van der Waals surface area (Å²) in [5.74, 6) is -0.436. The third-order valence-corrected chi connectivity index (χ3v) is 3.60. The predicted molar refractivity (Wildman–Crippen MR) is 85.8 cm³/mol. The van der Waals surface area contributed by atoms with E-state index in [1.807, 2.05) is 11.8 Å². The summed E-state index contributed by atoms with van der Waals surface area (Å²) in [7, 11) is 0. The molecule has 4 amide bonds. The van der Waals surface area contributed by atoms with Crippen LogP contribution in [0, 0.1) is 0 Å². The van der Waals surface area contributed by atoms with Crippen molar-refractivity contribution in [2.45, 2.75) is 64.6 Å². The van der Waals surface area contributed by atoms with Gasteiger partial charge in [-0.25, -0.2) is 9.59 Å². The van der Waals surface area contributed by atoms with E-state index in [0.29, 0.717) is 0 Å². The number of hydrogen-bond acceptors (Lipinski definition) is 5. The van der Waals surface area contributed by atoms with Crippen molar-refractivity contribution >= 4 is 18.0 Å². The fourth-order valence-corrected chi connectivity index (χ4v) is 2.73. The Kier molecular flexibility index (Phi) is 6.80. The van der Waals surface area contributed by atoms with E-state index in [1.165, 1.54) is 0 Å². The number of carbonyl (C=O) groups excluding carboxylic acids is 3. The van der Waals surface area contributed by atoms with Crippen molar-refractivity contribution in [3.8, 4) is 0 Å². The van der Waals surface area contributed by atoms with Gasteiger partial charge in [-0.3, -0.25) is 15.0 Å². The largest absolute Gasteiger partial charge is 0.444 e. The van der Waals surface area contributed by atoms with E-state index in [0.717, 1.165) is 25.8 Å². The van der Waals surface area contributed by atoms with Crippen LogP contribution in [0.25, 0.3) is 0 Å². The molecule has 132 valence electrons. The van der Waals surface area contributed by atoms with Crippen LogP contribution in [0.2, 0.25) is 0 Å². The first-order valence-corrected chi connectivity index (χ1v) is 7.91. The number of hydrogen-bond donors (Lipinski definition) is 3. The Labute approximate surface area is 137 Å². The van der Waals surface area contributed by atoms with Crippen LogP contribution in [0.1, 0.15) is 47.0 Å². The lowest BCUT2D eigenvalue weighted by Crippen LogP contribution is -2.55. The molecule has 1 heterocycles. The van der Waals surface area contributed by atoms with Crippen molar-refractivity contribution in [3.63, 3.8) is 0 Å². The highest BCUT2D eigenvalue weighted by atomic mass is 16.6. The molecule has 2 unspecified atom stereocenters. The maximum atomic E-state index is 11.9. The molecule has 0 saturated carbocycles. The van der Waals surface area contributed by atoms with Gasteiger partial charge in [-0.15, -0.1) is 0 Å². The maximum absolute atomic E-state index is 11.9. The van der Waals surface area contributed by atoms with E-state index >= 15 is 0 Å². The Morgan fingerprint density at radius 2 is 1.96 bits per heavy atom.